The van der Waals surface area contributed by atoms with Crippen LogP contribution in [0.15, 0.2) is 12.2 Å². The zero-order valence-electron chi connectivity index (χ0n) is 10.9. The Bertz CT molecular complexity index is 330. The second-order valence-corrected chi connectivity index (χ2v) is 5.71. The van der Waals surface area contributed by atoms with E-state index in [0.29, 0.717) is 25.3 Å². The quantitative estimate of drug-likeness (QED) is 0.723. The zero-order chi connectivity index (χ0) is 13.5. The molecule has 0 spiro atoms. The van der Waals surface area contributed by atoms with E-state index in [0.717, 1.165) is 5.75 Å². The maximum absolute atomic E-state index is 12.0. The van der Waals surface area contributed by atoms with Crippen molar-refractivity contribution in [3.63, 3.8) is 0 Å². The first-order chi connectivity index (χ1) is 8.56. The fourth-order valence-corrected chi connectivity index (χ4v) is 2.81. The largest absolute Gasteiger partial charge is 0.481 e. The molecule has 5 heteroatoms. The van der Waals surface area contributed by atoms with Crippen molar-refractivity contribution in [3.8, 4) is 0 Å². The van der Waals surface area contributed by atoms with E-state index in [2.05, 4.69) is 12.2 Å². The second-order valence-electron chi connectivity index (χ2n) is 4.80. The van der Waals surface area contributed by atoms with E-state index in [4.69, 9.17) is 5.11 Å². The molecule has 0 bridgehead atoms. The molecule has 1 rings (SSSR count). The molecule has 4 nitrogen and oxygen atoms in total. The molecule has 102 valence electrons. The first kappa shape index (κ1) is 15.1. The van der Waals surface area contributed by atoms with E-state index in [1.165, 1.54) is 0 Å². The van der Waals surface area contributed by atoms with Gasteiger partial charge in [-0.05, 0) is 30.8 Å². The highest BCUT2D eigenvalue weighted by Crippen LogP contribution is 2.26. The molecule has 1 aliphatic rings. The van der Waals surface area contributed by atoms with Gasteiger partial charge in [-0.3, -0.25) is 9.59 Å². The monoisotopic (exact) mass is 271 g/mol. The molecule has 1 aliphatic carbocycles. The SMILES string of the molecule is CSCC(C)CNC(=O)C1CC=CCC1C(=O)O. The van der Waals surface area contributed by atoms with Gasteiger partial charge in [0, 0.05) is 6.54 Å². The summed E-state index contributed by atoms with van der Waals surface area (Å²) in [5.41, 5.74) is 0. The van der Waals surface area contributed by atoms with Crippen LogP contribution in [0, 0.1) is 17.8 Å². The number of amides is 1. The van der Waals surface area contributed by atoms with Crippen molar-refractivity contribution in [3.05, 3.63) is 12.2 Å². The Morgan fingerprint density at radius 1 is 1.39 bits per heavy atom. The van der Waals surface area contributed by atoms with Crippen LogP contribution in [0.25, 0.3) is 0 Å². The number of aliphatic carboxylic acids is 1. The molecule has 0 aromatic heterocycles. The highest BCUT2D eigenvalue weighted by molar-refractivity contribution is 7.98. The van der Waals surface area contributed by atoms with Gasteiger partial charge in [-0.2, -0.15) is 11.8 Å². The molecule has 0 aromatic carbocycles. The Kier molecular flexibility index (Phi) is 6.25. The first-order valence-electron chi connectivity index (χ1n) is 6.20. The summed E-state index contributed by atoms with van der Waals surface area (Å²) in [6.07, 6.45) is 6.76. The van der Waals surface area contributed by atoms with E-state index in [1.807, 2.05) is 18.4 Å². The van der Waals surface area contributed by atoms with Crippen LogP contribution in [0.3, 0.4) is 0 Å². The van der Waals surface area contributed by atoms with Gasteiger partial charge in [-0.25, -0.2) is 0 Å². The number of rotatable bonds is 6. The molecule has 0 saturated heterocycles. The lowest BCUT2D eigenvalue weighted by Gasteiger charge is -2.24. The number of carboxylic acids is 1. The number of hydrogen-bond donors (Lipinski definition) is 2. The Morgan fingerprint density at radius 3 is 2.56 bits per heavy atom. The average Bonchev–Trinajstić information content (AvgIpc) is 2.36. The van der Waals surface area contributed by atoms with Crippen LogP contribution in [-0.4, -0.2) is 35.5 Å². The lowest BCUT2D eigenvalue weighted by molar-refractivity contribution is -0.147. The van der Waals surface area contributed by atoms with Crippen LogP contribution in [0.1, 0.15) is 19.8 Å². The molecule has 0 radical (unpaired) electrons. The summed E-state index contributed by atoms with van der Waals surface area (Å²) in [5, 5.41) is 12.0. The molecule has 0 heterocycles. The molecule has 0 saturated carbocycles. The Balaban J connectivity index is 2.49. The number of nitrogens with one attached hydrogen (secondary N) is 1. The smallest absolute Gasteiger partial charge is 0.307 e. The summed E-state index contributed by atoms with van der Waals surface area (Å²) < 4.78 is 0. The van der Waals surface area contributed by atoms with Crippen molar-refractivity contribution in [2.75, 3.05) is 18.6 Å². The third kappa shape index (κ3) is 4.37. The number of allylic oxidation sites excluding steroid dienone is 2. The van der Waals surface area contributed by atoms with Crippen molar-refractivity contribution in [2.45, 2.75) is 19.8 Å². The van der Waals surface area contributed by atoms with E-state index in [1.54, 1.807) is 11.8 Å². The number of hydrogen-bond acceptors (Lipinski definition) is 3. The minimum Gasteiger partial charge on any atom is -0.481 e. The summed E-state index contributed by atoms with van der Waals surface area (Å²) in [7, 11) is 0. The zero-order valence-corrected chi connectivity index (χ0v) is 11.7. The molecule has 3 unspecified atom stereocenters. The van der Waals surface area contributed by atoms with Crippen molar-refractivity contribution in [1.29, 1.82) is 0 Å². The molecular weight excluding hydrogens is 250 g/mol. The van der Waals surface area contributed by atoms with Gasteiger partial charge in [-0.1, -0.05) is 19.1 Å². The molecule has 2 N–H and O–H groups in total. The van der Waals surface area contributed by atoms with E-state index < -0.39 is 17.8 Å². The summed E-state index contributed by atoms with van der Waals surface area (Å²) >= 11 is 1.75. The standard InChI is InChI=1S/C13H21NO3S/c1-9(8-18-2)7-14-12(15)10-5-3-4-6-11(10)13(16)17/h3-4,9-11H,5-8H2,1-2H3,(H,14,15)(H,16,17). The molecule has 18 heavy (non-hydrogen) atoms. The maximum Gasteiger partial charge on any atom is 0.307 e. The van der Waals surface area contributed by atoms with Crippen LogP contribution < -0.4 is 5.32 Å². The Labute approximate surface area is 112 Å². The lowest BCUT2D eigenvalue weighted by atomic mass is 9.82. The van der Waals surface area contributed by atoms with Gasteiger partial charge in [0.15, 0.2) is 0 Å². The normalized spacial score (nSPS) is 24.6. The van der Waals surface area contributed by atoms with E-state index >= 15 is 0 Å². The van der Waals surface area contributed by atoms with Crippen molar-refractivity contribution in [2.24, 2.45) is 17.8 Å². The highest BCUT2D eigenvalue weighted by Gasteiger charge is 2.33. The molecule has 0 aliphatic heterocycles. The number of carbonyl (C=O) groups is 2. The lowest BCUT2D eigenvalue weighted by Crippen LogP contribution is -2.40. The molecule has 0 fully saturated rings. The highest BCUT2D eigenvalue weighted by atomic mass is 32.2. The van der Waals surface area contributed by atoms with Crippen molar-refractivity contribution >= 4 is 23.6 Å². The van der Waals surface area contributed by atoms with E-state index in [9.17, 15) is 9.59 Å². The van der Waals surface area contributed by atoms with Gasteiger partial charge in [0.25, 0.3) is 0 Å². The Morgan fingerprint density at radius 2 is 2.00 bits per heavy atom. The van der Waals surface area contributed by atoms with E-state index in [-0.39, 0.29) is 5.91 Å². The van der Waals surface area contributed by atoms with Crippen LogP contribution in [-0.2, 0) is 9.59 Å². The molecule has 3 atom stereocenters. The maximum atomic E-state index is 12.0. The van der Waals surface area contributed by atoms with Gasteiger partial charge >= 0.3 is 5.97 Å². The Hall–Kier alpha value is -0.970. The summed E-state index contributed by atoms with van der Waals surface area (Å²) in [6.45, 7) is 2.69. The molecule has 1 amide bonds. The summed E-state index contributed by atoms with van der Waals surface area (Å²) in [4.78, 5) is 23.1. The fourth-order valence-electron chi connectivity index (χ4n) is 2.13. The summed E-state index contributed by atoms with van der Waals surface area (Å²) in [6, 6.07) is 0. The third-order valence-corrected chi connectivity index (χ3v) is 4.06. The predicted octanol–water partition coefficient (Wildman–Crippen LogP) is 1.77. The number of carbonyl (C=O) groups excluding carboxylic acids is 1. The number of carboxylic acid groups (broad SMARTS) is 1. The minimum absolute atomic E-state index is 0.125. The van der Waals surface area contributed by atoms with Gasteiger partial charge < -0.3 is 10.4 Å². The molecular formula is C13H21NO3S. The number of thioether (sulfide) groups is 1. The average molecular weight is 271 g/mol. The second kappa shape index (κ2) is 7.46. The third-order valence-electron chi connectivity index (χ3n) is 3.16. The van der Waals surface area contributed by atoms with Crippen LogP contribution in [0.4, 0.5) is 0 Å². The van der Waals surface area contributed by atoms with Gasteiger partial charge in [0.2, 0.25) is 5.91 Å². The van der Waals surface area contributed by atoms with Gasteiger partial charge in [-0.15, -0.1) is 0 Å². The topological polar surface area (TPSA) is 66.4 Å². The first-order valence-corrected chi connectivity index (χ1v) is 7.60. The van der Waals surface area contributed by atoms with Crippen molar-refractivity contribution < 1.29 is 14.7 Å². The summed E-state index contributed by atoms with van der Waals surface area (Å²) in [5.74, 6) is -0.602. The predicted molar refractivity (Wildman–Crippen MR) is 73.5 cm³/mol. The van der Waals surface area contributed by atoms with Crippen molar-refractivity contribution in [1.82, 2.24) is 5.32 Å². The van der Waals surface area contributed by atoms with Crippen LogP contribution >= 0.6 is 11.8 Å². The van der Waals surface area contributed by atoms with Crippen LogP contribution in [0.5, 0.6) is 0 Å². The minimum atomic E-state index is -0.878. The van der Waals surface area contributed by atoms with Gasteiger partial charge in [0.05, 0.1) is 11.8 Å². The van der Waals surface area contributed by atoms with Gasteiger partial charge in [0.1, 0.15) is 0 Å². The molecule has 0 aromatic rings. The van der Waals surface area contributed by atoms with Crippen LogP contribution in [0.2, 0.25) is 0 Å². The fraction of sp³-hybridized carbons (Fsp3) is 0.692.